The van der Waals surface area contributed by atoms with Gasteiger partial charge in [0.2, 0.25) is 5.91 Å². The van der Waals surface area contributed by atoms with Gasteiger partial charge >= 0.3 is 0 Å². The number of aliphatic hydroxyl groups is 1. The van der Waals surface area contributed by atoms with Crippen LogP contribution in [0.5, 0.6) is 0 Å². The normalized spacial score (nSPS) is 9.86. The summed E-state index contributed by atoms with van der Waals surface area (Å²) in [7, 11) is 0. The molecule has 1 aromatic heterocycles. The lowest BCUT2D eigenvalue weighted by atomic mass is 10.1. The van der Waals surface area contributed by atoms with Gasteiger partial charge in [-0.3, -0.25) is 4.79 Å². The Morgan fingerprint density at radius 1 is 1.43 bits per heavy atom. The number of halogens is 2. The summed E-state index contributed by atoms with van der Waals surface area (Å²) in [6.45, 7) is -0.265. The number of hydrogen-bond donors (Lipinski definition) is 2. The molecule has 2 aromatic rings. The van der Waals surface area contributed by atoms with Gasteiger partial charge in [0.25, 0.3) is 0 Å². The van der Waals surface area contributed by atoms with Crippen molar-refractivity contribution < 1.29 is 18.7 Å². The first-order valence-corrected chi connectivity index (χ1v) is 6.70. The number of benzene rings is 1. The van der Waals surface area contributed by atoms with Crippen LogP contribution in [0.2, 0.25) is 0 Å². The number of anilines is 1. The highest BCUT2D eigenvalue weighted by molar-refractivity contribution is 7.16. The summed E-state index contributed by atoms with van der Waals surface area (Å²) < 4.78 is 26.5. The second-order valence-electron chi connectivity index (χ2n) is 3.93. The molecule has 108 valence electrons. The number of carbonyl (C=O) groups excluding carboxylic acids is 1. The van der Waals surface area contributed by atoms with Gasteiger partial charge in [-0.25, -0.2) is 13.8 Å². The predicted molar refractivity (Wildman–Crippen MR) is 74.8 cm³/mol. The zero-order valence-electron chi connectivity index (χ0n) is 10.7. The van der Waals surface area contributed by atoms with Crippen LogP contribution in [0.1, 0.15) is 10.4 Å². The van der Waals surface area contributed by atoms with Crippen LogP contribution in [-0.2, 0) is 11.2 Å². The van der Waals surface area contributed by atoms with Gasteiger partial charge in [0.15, 0.2) is 16.8 Å². The van der Waals surface area contributed by atoms with Crippen molar-refractivity contribution in [2.75, 3.05) is 11.9 Å². The molecule has 0 saturated heterocycles. The van der Waals surface area contributed by atoms with Crippen molar-refractivity contribution in [1.82, 2.24) is 4.98 Å². The van der Waals surface area contributed by atoms with Gasteiger partial charge in [0.1, 0.15) is 6.61 Å². The Kier molecular flexibility index (Phi) is 4.98. The Bertz CT molecular complexity index is 719. The number of rotatable bonds is 3. The van der Waals surface area contributed by atoms with Gasteiger partial charge in [-0.05, 0) is 6.07 Å². The van der Waals surface area contributed by atoms with Gasteiger partial charge in [0.05, 0.1) is 17.5 Å². The first-order chi connectivity index (χ1) is 10.1. The lowest BCUT2D eigenvalue weighted by Gasteiger charge is -2.03. The van der Waals surface area contributed by atoms with Crippen LogP contribution in [0.3, 0.4) is 0 Å². The number of thiazole rings is 1. The summed E-state index contributed by atoms with van der Waals surface area (Å²) >= 11 is 1.12. The fourth-order valence-corrected chi connectivity index (χ4v) is 2.24. The number of amides is 1. The number of aromatic nitrogens is 1. The first-order valence-electron chi connectivity index (χ1n) is 5.88. The van der Waals surface area contributed by atoms with Crippen LogP contribution in [0.4, 0.5) is 13.9 Å². The van der Waals surface area contributed by atoms with E-state index in [4.69, 9.17) is 5.11 Å². The molecule has 0 aliphatic rings. The van der Waals surface area contributed by atoms with Crippen LogP contribution >= 0.6 is 11.3 Å². The number of hydrogen-bond acceptors (Lipinski definition) is 4. The SMILES string of the molecule is O=C(Cc1cccc(F)c1F)Nc1ncc(C#CCO)s1. The zero-order valence-corrected chi connectivity index (χ0v) is 11.5. The average molecular weight is 308 g/mol. The van der Waals surface area contributed by atoms with Crippen molar-refractivity contribution in [1.29, 1.82) is 0 Å². The molecule has 2 rings (SSSR count). The highest BCUT2D eigenvalue weighted by Crippen LogP contribution is 2.18. The lowest BCUT2D eigenvalue weighted by Crippen LogP contribution is -2.15. The second kappa shape index (κ2) is 6.92. The Labute approximate surface area is 123 Å². The van der Waals surface area contributed by atoms with Gasteiger partial charge in [-0.1, -0.05) is 35.3 Å². The van der Waals surface area contributed by atoms with E-state index in [1.165, 1.54) is 18.3 Å². The molecule has 0 aliphatic heterocycles. The third kappa shape index (κ3) is 4.08. The van der Waals surface area contributed by atoms with E-state index in [1.54, 1.807) is 0 Å². The smallest absolute Gasteiger partial charge is 0.230 e. The molecule has 0 spiro atoms. The van der Waals surface area contributed by atoms with Crippen LogP contribution in [-0.4, -0.2) is 22.6 Å². The van der Waals surface area contributed by atoms with E-state index in [9.17, 15) is 13.6 Å². The molecule has 0 saturated carbocycles. The minimum absolute atomic E-state index is 0.0237. The predicted octanol–water partition coefficient (Wildman–Crippen LogP) is 1.95. The Morgan fingerprint density at radius 3 is 3.00 bits per heavy atom. The monoisotopic (exact) mass is 308 g/mol. The molecule has 1 amide bonds. The summed E-state index contributed by atoms with van der Waals surface area (Å²) in [4.78, 5) is 16.3. The molecule has 1 aromatic carbocycles. The lowest BCUT2D eigenvalue weighted by molar-refractivity contribution is -0.115. The molecule has 0 bridgehead atoms. The molecule has 0 atom stereocenters. The summed E-state index contributed by atoms with van der Waals surface area (Å²) in [5, 5.41) is 11.4. The maximum absolute atomic E-state index is 13.4. The summed E-state index contributed by atoms with van der Waals surface area (Å²) in [5.41, 5.74) is -0.0237. The second-order valence-corrected chi connectivity index (χ2v) is 4.96. The highest BCUT2D eigenvalue weighted by Gasteiger charge is 2.12. The average Bonchev–Trinajstić information content (AvgIpc) is 2.89. The number of nitrogens with zero attached hydrogens (tertiary/aromatic N) is 1. The van der Waals surface area contributed by atoms with Crippen molar-refractivity contribution in [2.24, 2.45) is 0 Å². The van der Waals surface area contributed by atoms with Crippen LogP contribution in [0.15, 0.2) is 24.4 Å². The van der Waals surface area contributed by atoms with E-state index in [-0.39, 0.29) is 18.6 Å². The molecule has 4 nitrogen and oxygen atoms in total. The molecule has 0 aliphatic carbocycles. The van der Waals surface area contributed by atoms with Crippen molar-refractivity contribution in [3.8, 4) is 11.8 Å². The number of aliphatic hydroxyl groups excluding tert-OH is 1. The molecule has 0 unspecified atom stereocenters. The molecule has 0 fully saturated rings. The maximum Gasteiger partial charge on any atom is 0.230 e. The molecule has 7 heteroatoms. The Balaban J connectivity index is 2.01. The van der Waals surface area contributed by atoms with E-state index in [0.717, 1.165) is 17.4 Å². The quantitative estimate of drug-likeness (QED) is 0.852. The van der Waals surface area contributed by atoms with Gasteiger partial charge in [-0.2, -0.15) is 0 Å². The summed E-state index contributed by atoms with van der Waals surface area (Å²) in [6.07, 6.45) is 1.16. The van der Waals surface area contributed by atoms with E-state index in [1.807, 2.05) is 0 Å². The molecular formula is C14H10F2N2O2S. The first kappa shape index (κ1) is 15.1. The number of carbonyl (C=O) groups is 1. The molecule has 2 N–H and O–H groups in total. The fourth-order valence-electron chi connectivity index (χ4n) is 1.54. The van der Waals surface area contributed by atoms with E-state index in [2.05, 4.69) is 22.1 Å². The van der Waals surface area contributed by atoms with E-state index in [0.29, 0.717) is 10.0 Å². The van der Waals surface area contributed by atoms with Gasteiger partial charge in [0, 0.05) is 5.56 Å². The third-order valence-corrected chi connectivity index (χ3v) is 3.25. The molecule has 1 heterocycles. The highest BCUT2D eigenvalue weighted by atomic mass is 32.1. The minimum Gasteiger partial charge on any atom is -0.384 e. The van der Waals surface area contributed by atoms with Crippen molar-refractivity contribution in [3.05, 3.63) is 46.5 Å². The largest absolute Gasteiger partial charge is 0.384 e. The maximum atomic E-state index is 13.4. The van der Waals surface area contributed by atoms with Crippen molar-refractivity contribution >= 4 is 22.4 Å². The fraction of sp³-hybridized carbons (Fsp3) is 0.143. The number of nitrogens with one attached hydrogen (secondary N) is 1. The van der Waals surface area contributed by atoms with Crippen molar-refractivity contribution in [3.63, 3.8) is 0 Å². The molecular weight excluding hydrogens is 298 g/mol. The summed E-state index contributed by atoms with van der Waals surface area (Å²) in [5.74, 6) is 2.59. The van der Waals surface area contributed by atoms with Crippen LogP contribution in [0.25, 0.3) is 0 Å². The van der Waals surface area contributed by atoms with Crippen LogP contribution in [0, 0.1) is 23.5 Å². The van der Waals surface area contributed by atoms with Gasteiger partial charge < -0.3 is 10.4 Å². The topological polar surface area (TPSA) is 62.2 Å². The Hall–Kier alpha value is -2.30. The Morgan fingerprint density at radius 2 is 2.24 bits per heavy atom. The van der Waals surface area contributed by atoms with Crippen molar-refractivity contribution in [2.45, 2.75) is 6.42 Å². The standard InChI is InChI=1S/C14H10F2N2O2S/c15-11-5-1-3-9(13(11)16)7-12(20)18-14-17-8-10(21-14)4-2-6-19/h1,3,5,8,19H,6-7H2,(H,17,18,20). The molecule has 0 radical (unpaired) electrons. The van der Waals surface area contributed by atoms with E-state index >= 15 is 0 Å². The zero-order chi connectivity index (χ0) is 15.2. The third-order valence-electron chi connectivity index (χ3n) is 2.43. The van der Waals surface area contributed by atoms with Crippen LogP contribution < -0.4 is 5.32 Å². The van der Waals surface area contributed by atoms with E-state index < -0.39 is 17.5 Å². The minimum atomic E-state index is -1.03. The molecule has 21 heavy (non-hydrogen) atoms. The van der Waals surface area contributed by atoms with Gasteiger partial charge in [-0.15, -0.1) is 0 Å². The summed E-state index contributed by atoms with van der Waals surface area (Å²) in [6, 6.07) is 3.68.